The molecular formula is C20H19NO3. The van der Waals surface area contributed by atoms with Crippen LogP contribution in [0.2, 0.25) is 0 Å². The summed E-state index contributed by atoms with van der Waals surface area (Å²) >= 11 is 0. The van der Waals surface area contributed by atoms with Gasteiger partial charge in [-0.05, 0) is 47.9 Å². The number of hydrogen-bond donors (Lipinski definition) is 0. The van der Waals surface area contributed by atoms with E-state index < -0.39 is 5.76 Å². The maximum absolute atomic E-state index is 12.3. The molecule has 0 N–H and O–H groups in total. The molecule has 0 saturated heterocycles. The second-order valence-electron chi connectivity index (χ2n) is 6.33. The van der Waals surface area contributed by atoms with Gasteiger partial charge in [0, 0.05) is 6.42 Å². The van der Waals surface area contributed by atoms with E-state index in [1.807, 2.05) is 12.1 Å². The summed E-state index contributed by atoms with van der Waals surface area (Å²) in [6, 6.07) is 12.8. The van der Waals surface area contributed by atoms with Crippen LogP contribution in [0.4, 0.5) is 0 Å². The highest BCUT2D eigenvalue weighted by atomic mass is 16.4. The molecule has 7 rings (SSSR count). The normalized spacial score (nSPS) is 13.9. The molecule has 1 aromatic heterocycles. The molecule has 122 valence electrons. The fourth-order valence-corrected chi connectivity index (χ4v) is 3.45. The van der Waals surface area contributed by atoms with Gasteiger partial charge in [0.25, 0.3) is 0 Å². The first-order valence-corrected chi connectivity index (χ1v) is 8.44. The number of carbonyl (C=O) groups is 1. The summed E-state index contributed by atoms with van der Waals surface area (Å²) in [7, 11) is 0. The Labute approximate surface area is 139 Å². The van der Waals surface area contributed by atoms with Crippen LogP contribution in [-0.2, 0) is 25.7 Å². The Balaban J connectivity index is 1.96. The van der Waals surface area contributed by atoms with Crippen LogP contribution in [0.5, 0.6) is 0 Å². The summed E-state index contributed by atoms with van der Waals surface area (Å²) in [5, 5.41) is 0. The van der Waals surface area contributed by atoms with Crippen LogP contribution < -0.4 is 5.76 Å². The van der Waals surface area contributed by atoms with E-state index >= 15 is 0 Å². The van der Waals surface area contributed by atoms with Crippen LogP contribution in [0.3, 0.4) is 0 Å². The second kappa shape index (κ2) is 5.78. The van der Waals surface area contributed by atoms with Gasteiger partial charge in [-0.1, -0.05) is 43.3 Å². The van der Waals surface area contributed by atoms with E-state index in [9.17, 15) is 9.59 Å². The van der Waals surface area contributed by atoms with E-state index in [1.54, 1.807) is 6.92 Å². The van der Waals surface area contributed by atoms with Crippen LogP contribution in [0, 0.1) is 0 Å². The van der Waals surface area contributed by atoms with Crippen molar-refractivity contribution < 1.29 is 9.21 Å². The molecule has 1 heterocycles. The van der Waals surface area contributed by atoms with E-state index in [0.717, 1.165) is 36.8 Å². The first kappa shape index (κ1) is 14.9. The molecule has 0 aliphatic heterocycles. The van der Waals surface area contributed by atoms with E-state index in [-0.39, 0.29) is 12.3 Å². The number of hydrogen-bond acceptors (Lipinski definition) is 3. The highest BCUT2D eigenvalue weighted by Gasteiger charge is 2.20. The van der Waals surface area contributed by atoms with E-state index in [2.05, 4.69) is 24.3 Å². The van der Waals surface area contributed by atoms with Crippen LogP contribution in [0.1, 0.15) is 40.4 Å². The second-order valence-corrected chi connectivity index (χ2v) is 6.33. The summed E-state index contributed by atoms with van der Waals surface area (Å²) in [6.07, 6.45) is 3.58. The molecule has 0 unspecified atom stereocenters. The Morgan fingerprint density at radius 2 is 1.54 bits per heavy atom. The minimum absolute atomic E-state index is 0.215. The molecular weight excluding hydrogens is 302 g/mol. The van der Waals surface area contributed by atoms with Gasteiger partial charge in [0.1, 0.15) is 5.52 Å². The van der Waals surface area contributed by atoms with E-state index in [4.69, 9.17) is 4.42 Å². The predicted molar refractivity (Wildman–Crippen MR) is 92.6 cm³/mol. The van der Waals surface area contributed by atoms with Crippen molar-refractivity contribution in [1.82, 2.24) is 4.57 Å². The lowest BCUT2D eigenvalue weighted by atomic mass is 9.95. The summed E-state index contributed by atoms with van der Waals surface area (Å²) in [5.74, 6) is -0.785. The maximum Gasteiger partial charge on any atom is 0.426 e. The van der Waals surface area contributed by atoms with Crippen molar-refractivity contribution in [3.63, 3.8) is 0 Å². The van der Waals surface area contributed by atoms with Crippen molar-refractivity contribution in [1.29, 1.82) is 0 Å². The third-order valence-corrected chi connectivity index (χ3v) is 4.83. The van der Waals surface area contributed by atoms with E-state index in [0.29, 0.717) is 11.1 Å². The molecule has 2 aromatic carbocycles. The monoisotopic (exact) mass is 321 g/mol. The molecule has 0 fully saturated rings. The molecule has 0 saturated carbocycles. The predicted octanol–water partition coefficient (Wildman–Crippen LogP) is 3.53. The lowest BCUT2D eigenvalue weighted by molar-refractivity contribution is 0.0905. The molecule has 4 heteroatoms. The van der Waals surface area contributed by atoms with Gasteiger partial charge in [0.2, 0.25) is 5.91 Å². The Morgan fingerprint density at radius 3 is 2.17 bits per heavy atom. The van der Waals surface area contributed by atoms with Gasteiger partial charge in [-0.2, -0.15) is 0 Å². The Hall–Kier alpha value is -2.62. The Morgan fingerprint density at radius 1 is 0.958 bits per heavy atom. The third-order valence-electron chi connectivity index (χ3n) is 4.83. The van der Waals surface area contributed by atoms with E-state index in [1.165, 1.54) is 15.7 Å². The molecule has 24 heavy (non-hydrogen) atoms. The topological polar surface area (TPSA) is 52.2 Å². The maximum atomic E-state index is 12.3. The average molecular weight is 321 g/mol. The zero-order valence-electron chi connectivity index (χ0n) is 13.7. The minimum atomic E-state index is -0.569. The summed E-state index contributed by atoms with van der Waals surface area (Å²) in [4.78, 5) is 24.6. The summed E-state index contributed by atoms with van der Waals surface area (Å²) in [6.45, 7) is 1.76. The van der Waals surface area contributed by atoms with Crippen molar-refractivity contribution in [2.45, 2.75) is 39.0 Å². The molecule has 0 spiro atoms. The number of benzene rings is 2. The smallest absolute Gasteiger partial charge is 0.407 e. The average Bonchev–Trinajstić information content (AvgIpc) is 2.94. The lowest BCUT2D eigenvalue weighted by Gasteiger charge is -2.11. The first-order valence-electron chi connectivity index (χ1n) is 8.44. The van der Waals surface area contributed by atoms with Crippen molar-refractivity contribution in [2.75, 3.05) is 0 Å². The molecule has 0 atom stereocenters. The highest BCUT2D eigenvalue weighted by Crippen LogP contribution is 2.26. The summed E-state index contributed by atoms with van der Waals surface area (Å²) in [5.41, 5.74) is 5.75. The molecule has 4 bridgehead atoms. The van der Waals surface area contributed by atoms with Crippen molar-refractivity contribution in [2.24, 2.45) is 0 Å². The van der Waals surface area contributed by atoms with Crippen molar-refractivity contribution >= 4 is 17.0 Å². The number of carbonyl (C=O) groups excluding carboxylic acids is 1. The largest absolute Gasteiger partial charge is 0.426 e. The molecule has 3 aromatic rings. The molecule has 0 amide bonds. The first-order chi connectivity index (χ1) is 11.7. The Kier molecular flexibility index (Phi) is 3.60. The van der Waals surface area contributed by atoms with Gasteiger partial charge in [0.15, 0.2) is 5.58 Å². The van der Waals surface area contributed by atoms with Gasteiger partial charge >= 0.3 is 5.76 Å². The van der Waals surface area contributed by atoms with Gasteiger partial charge in [-0.25, -0.2) is 9.36 Å². The molecule has 4 aliphatic rings. The standard InChI is InChI=1S/C20H19NO3/c1-2-17(22)21-18-15-9-7-13-3-5-14(6-4-13)8-10-16(12-11-15)19(18)24-20(21)23/h3-6,11-12H,2,7-10H2,1H3. The van der Waals surface area contributed by atoms with Crippen LogP contribution in [0.25, 0.3) is 11.1 Å². The minimum Gasteiger partial charge on any atom is -0.407 e. The van der Waals surface area contributed by atoms with Crippen LogP contribution in [-0.4, -0.2) is 10.5 Å². The number of nitrogens with zero attached hydrogens (tertiary/aromatic N) is 1. The van der Waals surface area contributed by atoms with Crippen LogP contribution in [0.15, 0.2) is 45.6 Å². The molecule has 4 nitrogen and oxygen atoms in total. The van der Waals surface area contributed by atoms with Gasteiger partial charge in [0.05, 0.1) is 0 Å². The fraction of sp³-hybridized carbons (Fsp3) is 0.300. The number of aromatic nitrogens is 1. The van der Waals surface area contributed by atoms with Gasteiger partial charge in [-0.3, -0.25) is 4.79 Å². The molecule has 0 radical (unpaired) electrons. The number of oxazole rings is 1. The lowest BCUT2D eigenvalue weighted by Crippen LogP contribution is -2.22. The third kappa shape index (κ3) is 2.39. The van der Waals surface area contributed by atoms with Crippen LogP contribution >= 0.6 is 0 Å². The van der Waals surface area contributed by atoms with Crippen molar-refractivity contribution in [3.05, 3.63) is 69.2 Å². The zero-order valence-corrected chi connectivity index (χ0v) is 13.7. The quantitative estimate of drug-likeness (QED) is 0.689. The van der Waals surface area contributed by atoms with Gasteiger partial charge in [-0.15, -0.1) is 0 Å². The number of rotatable bonds is 1. The zero-order chi connectivity index (χ0) is 16.7. The van der Waals surface area contributed by atoms with Gasteiger partial charge < -0.3 is 4.42 Å². The van der Waals surface area contributed by atoms with Crippen molar-refractivity contribution in [3.8, 4) is 0 Å². The SMILES string of the molecule is CCC(=O)n1c(=O)oc2c3ccc(c21)CCc1ccc(cc1)CC3. The Bertz CT molecular complexity index is 977. The number of aryl methyl sites for hydroxylation is 4. The summed E-state index contributed by atoms with van der Waals surface area (Å²) < 4.78 is 6.73. The fourth-order valence-electron chi connectivity index (χ4n) is 3.45. The molecule has 4 aliphatic carbocycles. The highest BCUT2D eigenvalue weighted by molar-refractivity contribution is 5.92.